The second-order valence-electron chi connectivity index (χ2n) is 5.65. The lowest BCUT2D eigenvalue weighted by molar-refractivity contribution is -0.137. The molecule has 0 aliphatic carbocycles. The van der Waals surface area contributed by atoms with Gasteiger partial charge in [0.25, 0.3) is 0 Å². The molecule has 1 aromatic heterocycles. The van der Waals surface area contributed by atoms with Gasteiger partial charge in [0.05, 0.1) is 24.3 Å². The number of benzene rings is 1. The summed E-state index contributed by atoms with van der Waals surface area (Å²) in [6.07, 6.45) is -0.172. The number of hydrogen-bond acceptors (Lipinski definition) is 8. The van der Waals surface area contributed by atoms with Crippen molar-refractivity contribution < 1.29 is 19.4 Å². The molecule has 0 saturated carbocycles. The average Bonchev–Trinajstić information content (AvgIpc) is 2.97. The average molecular weight is 396 g/mol. The van der Waals surface area contributed by atoms with Crippen LogP contribution in [-0.4, -0.2) is 39.0 Å². The standard InChI is InChI=1S/C16H20N4O4S2/c1-9(2)24-11-5-3-10(4-6-11)12(7-14(22)23)18-13(21)8-25-16-20-19-15(17)26-16/h3-6,9,12H,7-8H2,1-2H3,(H2,17,19)(H,18,21)(H,22,23)/t12-/m1/s1. The van der Waals surface area contributed by atoms with Crippen molar-refractivity contribution in [3.05, 3.63) is 29.8 Å². The van der Waals surface area contributed by atoms with E-state index < -0.39 is 12.0 Å². The molecule has 10 heteroatoms. The van der Waals surface area contributed by atoms with Crippen molar-refractivity contribution in [2.45, 2.75) is 36.8 Å². The van der Waals surface area contributed by atoms with Gasteiger partial charge in [-0.3, -0.25) is 9.59 Å². The Kier molecular flexibility index (Phi) is 7.22. The van der Waals surface area contributed by atoms with Crippen LogP contribution in [0.3, 0.4) is 0 Å². The van der Waals surface area contributed by atoms with Crippen LogP contribution in [-0.2, 0) is 9.59 Å². The van der Waals surface area contributed by atoms with Gasteiger partial charge < -0.3 is 20.9 Å². The zero-order valence-corrected chi connectivity index (χ0v) is 16.0. The molecule has 0 fully saturated rings. The molecule has 1 heterocycles. The molecule has 8 nitrogen and oxygen atoms in total. The van der Waals surface area contributed by atoms with Gasteiger partial charge in [-0.25, -0.2) is 0 Å². The number of rotatable bonds is 9. The number of anilines is 1. The number of carbonyl (C=O) groups is 2. The van der Waals surface area contributed by atoms with Crippen LogP contribution in [0.5, 0.6) is 5.75 Å². The second-order valence-corrected chi connectivity index (χ2v) is 7.88. The number of aliphatic carboxylic acids is 1. The number of nitrogens with one attached hydrogen (secondary N) is 1. The summed E-state index contributed by atoms with van der Waals surface area (Å²) in [6.45, 7) is 3.84. The van der Waals surface area contributed by atoms with E-state index in [9.17, 15) is 9.59 Å². The van der Waals surface area contributed by atoms with Crippen molar-refractivity contribution in [1.82, 2.24) is 15.5 Å². The Morgan fingerprint density at radius 2 is 2.00 bits per heavy atom. The Labute approximate surface area is 159 Å². The van der Waals surface area contributed by atoms with Crippen molar-refractivity contribution >= 4 is 40.1 Å². The number of carboxylic acids is 1. The number of nitrogens with two attached hydrogens (primary N) is 1. The van der Waals surface area contributed by atoms with E-state index in [1.165, 1.54) is 23.1 Å². The Morgan fingerprint density at radius 1 is 1.31 bits per heavy atom. The van der Waals surface area contributed by atoms with Crippen LogP contribution >= 0.6 is 23.1 Å². The van der Waals surface area contributed by atoms with Gasteiger partial charge in [0, 0.05) is 0 Å². The van der Waals surface area contributed by atoms with Gasteiger partial charge in [-0.15, -0.1) is 10.2 Å². The molecule has 4 N–H and O–H groups in total. The monoisotopic (exact) mass is 396 g/mol. The van der Waals surface area contributed by atoms with E-state index in [1.54, 1.807) is 24.3 Å². The Morgan fingerprint density at radius 3 is 2.54 bits per heavy atom. The number of nitrogens with zero attached hydrogens (tertiary/aromatic N) is 2. The first kappa shape index (κ1) is 20.0. The third-order valence-corrected chi connectivity index (χ3v) is 5.00. The normalized spacial score (nSPS) is 12.0. The van der Waals surface area contributed by atoms with E-state index in [0.717, 1.165) is 0 Å². The Hall–Kier alpha value is -2.33. The van der Waals surface area contributed by atoms with Gasteiger partial charge >= 0.3 is 5.97 Å². The van der Waals surface area contributed by atoms with Crippen LogP contribution in [0.4, 0.5) is 5.13 Å². The molecule has 0 saturated heterocycles. The minimum absolute atomic E-state index is 0.0433. The summed E-state index contributed by atoms with van der Waals surface area (Å²) < 4.78 is 6.16. The molecular formula is C16H20N4O4S2. The molecular weight excluding hydrogens is 376 g/mol. The molecule has 1 amide bonds. The summed E-state index contributed by atoms with van der Waals surface area (Å²) in [7, 11) is 0. The van der Waals surface area contributed by atoms with E-state index in [0.29, 0.717) is 20.8 Å². The first-order chi connectivity index (χ1) is 12.3. The highest BCUT2D eigenvalue weighted by Crippen LogP contribution is 2.24. The van der Waals surface area contributed by atoms with E-state index >= 15 is 0 Å². The minimum Gasteiger partial charge on any atom is -0.491 e. The highest BCUT2D eigenvalue weighted by atomic mass is 32.2. The molecule has 0 aliphatic rings. The van der Waals surface area contributed by atoms with Crippen molar-refractivity contribution in [2.75, 3.05) is 11.5 Å². The number of thioether (sulfide) groups is 1. The third kappa shape index (κ3) is 6.52. The molecule has 140 valence electrons. The van der Waals surface area contributed by atoms with Crippen molar-refractivity contribution in [3.8, 4) is 5.75 Å². The van der Waals surface area contributed by atoms with E-state index in [4.69, 9.17) is 15.6 Å². The molecule has 0 radical (unpaired) electrons. The van der Waals surface area contributed by atoms with Gasteiger partial charge in [0.1, 0.15) is 5.75 Å². The van der Waals surface area contributed by atoms with Crippen LogP contribution in [0.1, 0.15) is 31.9 Å². The lowest BCUT2D eigenvalue weighted by Gasteiger charge is -2.18. The first-order valence-corrected chi connectivity index (χ1v) is 9.63. The fraction of sp³-hybridized carbons (Fsp3) is 0.375. The predicted molar refractivity (Wildman–Crippen MR) is 100 cm³/mol. The maximum atomic E-state index is 12.2. The number of ether oxygens (including phenoxy) is 1. The van der Waals surface area contributed by atoms with Crippen molar-refractivity contribution in [1.29, 1.82) is 0 Å². The predicted octanol–water partition coefficient (Wildman–Crippen LogP) is 2.33. The third-order valence-electron chi connectivity index (χ3n) is 3.12. The smallest absolute Gasteiger partial charge is 0.305 e. The molecule has 0 bridgehead atoms. The summed E-state index contributed by atoms with van der Waals surface area (Å²) >= 11 is 2.39. The maximum Gasteiger partial charge on any atom is 0.305 e. The number of nitrogen functional groups attached to an aromatic ring is 1. The highest BCUT2D eigenvalue weighted by Gasteiger charge is 2.19. The summed E-state index contributed by atoms with van der Waals surface area (Å²) in [5.41, 5.74) is 6.19. The Bertz CT molecular complexity index is 749. The summed E-state index contributed by atoms with van der Waals surface area (Å²) in [4.78, 5) is 23.3. The zero-order valence-electron chi connectivity index (χ0n) is 14.3. The summed E-state index contributed by atoms with van der Waals surface area (Å²) in [6, 6.07) is 6.40. The SMILES string of the molecule is CC(C)Oc1ccc([C@@H](CC(=O)O)NC(=O)CSc2nnc(N)s2)cc1. The van der Waals surface area contributed by atoms with Crippen LogP contribution in [0.25, 0.3) is 0 Å². The van der Waals surface area contributed by atoms with Crippen molar-refractivity contribution in [2.24, 2.45) is 0 Å². The van der Waals surface area contributed by atoms with Crippen LogP contribution in [0, 0.1) is 0 Å². The molecule has 0 unspecified atom stereocenters. The minimum atomic E-state index is -0.998. The molecule has 26 heavy (non-hydrogen) atoms. The van der Waals surface area contributed by atoms with Gasteiger partial charge in [0.2, 0.25) is 11.0 Å². The Balaban J connectivity index is 1.99. The van der Waals surface area contributed by atoms with Gasteiger partial charge in [-0.2, -0.15) is 0 Å². The van der Waals surface area contributed by atoms with E-state index in [-0.39, 0.29) is 24.2 Å². The fourth-order valence-electron chi connectivity index (χ4n) is 2.12. The maximum absolute atomic E-state index is 12.2. The van der Waals surface area contributed by atoms with Crippen LogP contribution < -0.4 is 15.8 Å². The first-order valence-electron chi connectivity index (χ1n) is 7.83. The van der Waals surface area contributed by atoms with E-state index in [1.807, 2.05) is 13.8 Å². The quantitative estimate of drug-likeness (QED) is 0.551. The number of carbonyl (C=O) groups excluding carboxylic acids is 1. The van der Waals surface area contributed by atoms with Crippen molar-refractivity contribution in [3.63, 3.8) is 0 Å². The molecule has 1 aromatic carbocycles. The second kappa shape index (κ2) is 9.39. The van der Waals surface area contributed by atoms with Gasteiger partial charge in [-0.05, 0) is 31.5 Å². The number of amides is 1. The number of carboxylic acid groups (broad SMARTS) is 1. The molecule has 1 atom stereocenters. The zero-order chi connectivity index (χ0) is 19.1. The van der Waals surface area contributed by atoms with Gasteiger partial charge in [0.15, 0.2) is 4.34 Å². The highest BCUT2D eigenvalue weighted by molar-refractivity contribution is 8.01. The molecule has 2 aromatic rings. The molecule has 2 rings (SSSR count). The number of hydrogen-bond donors (Lipinski definition) is 3. The lowest BCUT2D eigenvalue weighted by atomic mass is 10.0. The summed E-state index contributed by atoms with van der Waals surface area (Å²) in [5, 5.41) is 19.7. The largest absolute Gasteiger partial charge is 0.491 e. The fourth-order valence-corrected chi connectivity index (χ4v) is 3.57. The van der Waals surface area contributed by atoms with Crippen LogP contribution in [0.15, 0.2) is 28.6 Å². The summed E-state index contributed by atoms with van der Waals surface area (Å²) in [5.74, 6) is -0.507. The number of aromatic nitrogens is 2. The van der Waals surface area contributed by atoms with Crippen LogP contribution in [0.2, 0.25) is 0 Å². The molecule has 0 spiro atoms. The van der Waals surface area contributed by atoms with Gasteiger partial charge in [-0.1, -0.05) is 35.2 Å². The lowest BCUT2D eigenvalue weighted by Crippen LogP contribution is -2.31. The topological polar surface area (TPSA) is 127 Å². The van der Waals surface area contributed by atoms with E-state index in [2.05, 4.69) is 15.5 Å². The molecule has 0 aliphatic heterocycles.